The van der Waals surface area contributed by atoms with Gasteiger partial charge in [-0.25, -0.2) is 4.98 Å². The molecule has 7 N–H and O–H groups in total. The van der Waals surface area contributed by atoms with Crippen molar-refractivity contribution in [3.63, 3.8) is 0 Å². The third-order valence-corrected chi connectivity index (χ3v) is 5.81. The predicted molar refractivity (Wildman–Crippen MR) is 131 cm³/mol. The van der Waals surface area contributed by atoms with Crippen LogP contribution in [0.1, 0.15) is 16.7 Å². The van der Waals surface area contributed by atoms with E-state index < -0.39 is 23.5 Å². The second kappa shape index (κ2) is 12.5. The largest absolute Gasteiger partial charge is 0.483 e. The number of carbonyl (C=O) groups is 2. The summed E-state index contributed by atoms with van der Waals surface area (Å²) in [5.74, 6) is 0.345. The molecule has 0 spiro atoms. The lowest BCUT2D eigenvalue weighted by molar-refractivity contribution is -0.376. The molecule has 2 aromatic carbocycles. The van der Waals surface area contributed by atoms with Gasteiger partial charge in [0.1, 0.15) is 5.82 Å². The maximum atomic E-state index is 13.1. The topological polar surface area (TPSA) is 176 Å². The number of nitrogen functional groups attached to an aromatic ring is 2. The molecule has 1 aromatic heterocycles. The van der Waals surface area contributed by atoms with Crippen LogP contribution in [0.2, 0.25) is 0 Å². The van der Waals surface area contributed by atoms with Crippen molar-refractivity contribution in [3.8, 4) is 11.1 Å². The van der Waals surface area contributed by atoms with Crippen LogP contribution < -0.4 is 16.4 Å². The number of hydrogen-bond acceptors (Lipinski definition) is 8. The van der Waals surface area contributed by atoms with Crippen molar-refractivity contribution in [2.75, 3.05) is 22.9 Å². The highest BCUT2D eigenvalue weighted by molar-refractivity contribution is 5.71. The molecule has 1 aliphatic rings. The van der Waals surface area contributed by atoms with Gasteiger partial charge < -0.3 is 31.7 Å². The van der Waals surface area contributed by atoms with E-state index in [2.05, 4.69) is 14.9 Å². The average molecular weight is 575 g/mol. The number of fused-ring (bicyclic) bond motifs is 1. The van der Waals surface area contributed by atoms with Gasteiger partial charge in [0, 0.05) is 36.1 Å². The van der Waals surface area contributed by atoms with E-state index in [9.17, 15) is 31.4 Å². The first-order valence-electron chi connectivity index (χ1n) is 11.0. The van der Waals surface area contributed by atoms with E-state index in [-0.39, 0.29) is 24.7 Å². The SMILES string of the molecule is Nc1ncc(CN2CCc3cc(-c4ccc(C(O)(C(F)(F)F)C(F)(F)F)cc4)ccc32)c(N)n1.O=CO.O=CO. The summed E-state index contributed by atoms with van der Waals surface area (Å²) in [5.41, 5.74) is 8.76. The number of carboxylic acid groups (broad SMARTS) is 2. The van der Waals surface area contributed by atoms with E-state index in [0.717, 1.165) is 23.4 Å². The van der Waals surface area contributed by atoms with Crippen LogP contribution in [-0.4, -0.2) is 57.1 Å². The maximum Gasteiger partial charge on any atom is 0.430 e. The smallest absolute Gasteiger partial charge is 0.430 e. The highest BCUT2D eigenvalue weighted by atomic mass is 19.4. The second-order valence-corrected chi connectivity index (χ2v) is 8.15. The highest BCUT2D eigenvalue weighted by Gasteiger charge is 2.71. The van der Waals surface area contributed by atoms with Gasteiger partial charge >= 0.3 is 12.4 Å². The normalized spacial score (nSPS) is 12.8. The van der Waals surface area contributed by atoms with Gasteiger partial charge in [0.05, 0.1) is 0 Å². The molecule has 2 heterocycles. The van der Waals surface area contributed by atoms with Crippen LogP contribution in [0.4, 0.5) is 43.8 Å². The monoisotopic (exact) mass is 575 g/mol. The van der Waals surface area contributed by atoms with Gasteiger partial charge in [-0.05, 0) is 35.2 Å². The van der Waals surface area contributed by atoms with Crippen molar-refractivity contribution in [1.29, 1.82) is 0 Å². The fourth-order valence-electron chi connectivity index (χ4n) is 3.97. The Morgan fingerprint density at radius 1 is 0.900 bits per heavy atom. The summed E-state index contributed by atoms with van der Waals surface area (Å²) in [6.45, 7) is 0.617. The van der Waals surface area contributed by atoms with E-state index in [1.54, 1.807) is 12.3 Å². The minimum atomic E-state index is -5.93. The average Bonchev–Trinajstić information content (AvgIpc) is 3.27. The zero-order valence-corrected chi connectivity index (χ0v) is 20.3. The molecule has 0 saturated heterocycles. The van der Waals surface area contributed by atoms with Gasteiger partial charge in [0.15, 0.2) is 0 Å². The Morgan fingerprint density at radius 2 is 1.43 bits per heavy atom. The minimum Gasteiger partial charge on any atom is -0.483 e. The predicted octanol–water partition coefficient (Wildman–Crippen LogP) is 3.58. The molecule has 3 aromatic rings. The first-order chi connectivity index (χ1) is 18.6. The quantitative estimate of drug-likeness (QED) is 0.228. The molecule has 0 amide bonds. The summed E-state index contributed by atoms with van der Waals surface area (Å²) < 4.78 is 78.6. The Labute approximate surface area is 222 Å². The van der Waals surface area contributed by atoms with Crippen LogP contribution in [0.5, 0.6) is 0 Å². The molecule has 40 heavy (non-hydrogen) atoms. The summed E-state index contributed by atoms with van der Waals surface area (Å²) in [5, 5.41) is 23.3. The molecule has 1 aliphatic heterocycles. The first-order valence-corrected chi connectivity index (χ1v) is 11.0. The summed E-state index contributed by atoms with van der Waals surface area (Å²) in [6, 6.07) is 8.89. The number of aliphatic hydroxyl groups is 1. The molecule has 0 aliphatic carbocycles. The fraction of sp³-hybridized carbons (Fsp3) is 0.250. The van der Waals surface area contributed by atoms with Crippen molar-refractivity contribution in [2.45, 2.75) is 30.9 Å². The fourth-order valence-corrected chi connectivity index (χ4v) is 3.97. The van der Waals surface area contributed by atoms with Crippen LogP contribution in [-0.2, 0) is 28.2 Å². The van der Waals surface area contributed by atoms with Gasteiger partial charge in [-0.2, -0.15) is 31.3 Å². The first kappa shape index (κ1) is 31.6. The lowest BCUT2D eigenvalue weighted by Gasteiger charge is -2.32. The Hall–Kier alpha value is -4.60. The molecular formula is C24H23F6N5O5. The molecule has 0 fully saturated rings. The summed E-state index contributed by atoms with van der Waals surface area (Å²) in [6.07, 6.45) is -9.63. The second-order valence-electron chi connectivity index (χ2n) is 8.15. The molecule has 4 rings (SSSR count). The van der Waals surface area contributed by atoms with E-state index in [1.165, 1.54) is 0 Å². The molecule has 0 atom stereocenters. The van der Waals surface area contributed by atoms with Crippen molar-refractivity contribution in [1.82, 2.24) is 9.97 Å². The van der Waals surface area contributed by atoms with Crippen molar-refractivity contribution in [2.24, 2.45) is 0 Å². The van der Waals surface area contributed by atoms with E-state index in [1.807, 2.05) is 12.1 Å². The zero-order chi connectivity index (χ0) is 30.3. The zero-order valence-electron chi connectivity index (χ0n) is 20.3. The summed E-state index contributed by atoms with van der Waals surface area (Å²) >= 11 is 0. The van der Waals surface area contributed by atoms with Crippen molar-refractivity contribution >= 4 is 30.4 Å². The van der Waals surface area contributed by atoms with Crippen molar-refractivity contribution < 1.29 is 51.3 Å². The van der Waals surface area contributed by atoms with Gasteiger partial charge in [-0.15, -0.1) is 0 Å². The molecular weight excluding hydrogens is 552 g/mol. The number of benzene rings is 2. The lowest BCUT2D eigenvalue weighted by atomic mass is 9.90. The minimum absolute atomic E-state index is 0.0719. The van der Waals surface area contributed by atoms with Crippen LogP contribution in [0, 0.1) is 0 Å². The number of rotatable bonds is 4. The van der Waals surface area contributed by atoms with Gasteiger partial charge in [0.2, 0.25) is 5.95 Å². The molecule has 0 radical (unpaired) electrons. The van der Waals surface area contributed by atoms with Crippen LogP contribution in [0.15, 0.2) is 48.7 Å². The number of aromatic nitrogens is 2. The molecule has 10 nitrogen and oxygen atoms in total. The van der Waals surface area contributed by atoms with Crippen LogP contribution in [0.3, 0.4) is 0 Å². The third-order valence-electron chi connectivity index (χ3n) is 5.81. The number of nitrogens with two attached hydrogens (primary N) is 2. The number of hydrogen-bond donors (Lipinski definition) is 5. The van der Waals surface area contributed by atoms with Gasteiger partial charge in [-0.1, -0.05) is 30.3 Å². The molecule has 16 heteroatoms. The Bertz CT molecular complexity index is 1300. The summed E-state index contributed by atoms with van der Waals surface area (Å²) in [7, 11) is 0. The number of halogens is 6. The Kier molecular flexibility index (Phi) is 9.88. The maximum absolute atomic E-state index is 13.1. The summed E-state index contributed by atoms with van der Waals surface area (Å²) in [4.78, 5) is 26.7. The van der Waals surface area contributed by atoms with E-state index >= 15 is 0 Å². The van der Waals surface area contributed by atoms with Gasteiger partial charge in [0.25, 0.3) is 18.5 Å². The molecule has 216 valence electrons. The number of anilines is 3. The number of nitrogens with zero attached hydrogens (tertiary/aromatic N) is 3. The standard InChI is InChI=1S/C22H19F6N5O.2CH2O2/c23-21(24,25)20(34,22(26,27)28)16-4-1-12(2-5-16)13-3-6-17-14(9-13)7-8-33(17)11-15-10-31-19(30)32-18(15)29;2*2-1-3/h1-6,9-10,34H,7-8,11H2,(H4,29,30,31,32);2*1H,(H,2,3). The molecule has 0 unspecified atom stereocenters. The Balaban J connectivity index is 0.000000858. The van der Waals surface area contributed by atoms with Crippen LogP contribution in [0.25, 0.3) is 11.1 Å². The Morgan fingerprint density at radius 3 is 1.93 bits per heavy atom. The van der Waals surface area contributed by atoms with Gasteiger partial charge in [-0.3, -0.25) is 9.59 Å². The molecule has 0 saturated carbocycles. The van der Waals surface area contributed by atoms with Crippen LogP contribution >= 0.6 is 0 Å². The third kappa shape index (κ3) is 6.69. The lowest BCUT2D eigenvalue weighted by Crippen LogP contribution is -2.53. The number of alkyl halides is 6. The van der Waals surface area contributed by atoms with E-state index in [0.29, 0.717) is 48.3 Å². The highest BCUT2D eigenvalue weighted by Crippen LogP contribution is 2.50. The van der Waals surface area contributed by atoms with E-state index in [4.69, 9.17) is 31.3 Å². The van der Waals surface area contributed by atoms with Crippen molar-refractivity contribution in [3.05, 3.63) is 65.4 Å². The molecule has 0 bridgehead atoms.